The Bertz CT molecular complexity index is 316. The molecule has 0 amide bonds. The van der Waals surface area contributed by atoms with Crippen LogP contribution in [0.25, 0.3) is 0 Å². The molecular weight excluding hydrogens is 238 g/mol. The Labute approximate surface area is 105 Å². The highest BCUT2D eigenvalue weighted by Crippen LogP contribution is 2.22. The van der Waals surface area contributed by atoms with E-state index >= 15 is 0 Å². The van der Waals surface area contributed by atoms with E-state index in [4.69, 9.17) is 0 Å². The topological polar surface area (TPSA) is 57.6 Å². The molecule has 0 saturated carbocycles. The highest BCUT2D eigenvalue weighted by molar-refractivity contribution is 7.91. The minimum absolute atomic E-state index is 0.134. The van der Waals surface area contributed by atoms with Gasteiger partial charge in [0.2, 0.25) is 0 Å². The fraction of sp³-hybridized carbons (Fsp3) is 1.00. The molecule has 0 spiro atoms. The summed E-state index contributed by atoms with van der Waals surface area (Å²) in [5, 5.41) is 9.37. The predicted molar refractivity (Wildman–Crippen MR) is 69.8 cm³/mol. The molecule has 0 aromatic rings. The van der Waals surface area contributed by atoms with Crippen molar-refractivity contribution >= 4 is 9.84 Å². The highest BCUT2D eigenvalue weighted by Gasteiger charge is 2.28. The first kappa shape index (κ1) is 14.9. The number of sulfone groups is 1. The van der Waals surface area contributed by atoms with Crippen LogP contribution in [0.3, 0.4) is 0 Å². The molecule has 0 radical (unpaired) electrons. The van der Waals surface area contributed by atoms with E-state index in [0.29, 0.717) is 18.9 Å². The highest BCUT2D eigenvalue weighted by atomic mass is 32.2. The van der Waals surface area contributed by atoms with Crippen LogP contribution in [0.1, 0.15) is 33.1 Å². The van der Waals surface area contributed by atoms with Gasteiger partial charge >= 0.3 is 0 Å². The number of aliphatic hydroxyl groups is 1. The lowest BCUT2D eigenvalue weighted by atomic mass is 9.91. The van der Waals surface area contributed by atoms with Gasteiger partial charge in [0.1, 0.15) is 0 Å². The van der Waals surface area contributed by atoms with E-state index in [1.807, 2.05) is 6.92 Å². The lowest BCUT2D eigenvalue weighted by Gasteiger charge is -2.38. The summed E-state index contributed by atoms with van der Waals surface area (Å²) < 4.78 is 23.3. The smallest absolute Gasteiger partial charge is 0.151 e. The number of hydrogen-bond acceptors (Lipinski definition) is 4. The van der Waals surface area contributed by atoms with Gasteiger partial charge in [-0.15, -0.1) is 0 Å². The number of aliphatic hydroxyl groups excluding tert-OH is 1. The summed E-state index contributed by atoms with van der Waals surface area (Å²) in [7, 11) is -2.90. The van der Waals surface area contributed by atoms with E-state index in [2.05, 4.69) is 11.8 Å². The summed E-state index contributed by atoms with van der Waals surface area (Å²) in [6.07, 6.45) is 2.91. The van der Waals surface area contributed by atoms with Crippen LogP contribution in [0, 0.1) is 5.92 Å². The number of likely N-dealkylation sites (tertiary alicyclic amines) is 1. The molecule has 102 valence electrons. The Balaban J connectivity index is 2.49. The predicted octanol–water partition coefficient (Wildman–Crippen LogP) is 0.904. The molecule has 1 rings (SSSR count). The quantitative estimate of drug-likeness (QED) is 0.774. The molecule has 17 heavy (non-hydrogen) atoms. The van der Waals surface area contributed by atoms with E-state index in [9.17, 15) is 13.5 Å². The molecule has 0 aliphatic carbocycles. The molecule has 1 fully saturated rings. The van der Waals surface area contributed by atoms with Gasteiger partial charge in [-0.1, -0.05) is 13.8 Å². The Morgan fingerprint density at radius 3 is 2.65 bits per heavy atom. The van der Waals surface area contributed by atoms with Crippen LogP contribution in [0.5, 0.6) is 0 Å². The van der Waals surface area contributed by atoms with Crippen molar-refractivity contribution in [1.82, 2.24) is 4.90 Å². The average Bonchev–Trinajstić information content (AvgIpc) is 2.26. The van der Waals surface area contributed by atoms with E-state index < -0.39 is 9.84 Å². The monoisotopic (exact) mass is 263 g/mol. The Hall–Kier alpha value is -0.130. The van der Waals surface area contributed by atoms with Crippen LogP contribution >= 0.6 is 0 Å². The van der Waals surface area contributed by atoms with Crippen LogP contribution in [0.15, 0.2) is 0 Å². The Morgan fingerprint density at radius 2 is 2.06 bits per heavy atom. The maximum absolute atomic E-state index is 11.7. The van der Waals surface area contributed by atoms with Gasteiger partial charge in [0.25, 0.3) is 0 Å². The molecule has 4 nitrogen and oxygen atoms in total. The molecule has 1 saturated heterocycles. The lowest BCUT2D eigenvalue weighted by Crippen LogP contribution is -2.48. The normalized spacial score (nSPS) is 27.2. The molecule has 0 aromatic carbocycles. The van der Waals surface area contributed by atoms with Crippen LogP contribution in [-0.4, -0.2) is 55.7 Å². The largest absolute Gasteiger partial charge is 0.395 e. The second-order valence-electron chi connectivity index (χ2n) is 5.06. The van der Waals surface area contributed by atoms with Crippen LogP contribution < -0.4 is 0 Å². The van der Waals surface area contributed by atoms with Gasteiger partial charge < -0.3 is 5.11 Å². The first-order valence-electron chi connectivity index (χ1n) is 6.55. The molecule has 0 aromatic heterocycles. The average molecular weight is 263 g/mol. The summed E-state index contributed by atoms with van der Waals surface area (Å²) in [5.41, 5.74) is 0. The third-order valence-electron chi connectivity index (χ3n) is 3.62. The molecule has 1 aliphatic heterocycles. The molecular formula is C12H25NO3S. The zero-order chi connectivity index (χ0) is 12.9. The minimum Gasteiger partial charge on any atom is -0.395 e. The van der Waals surface area contributed by atoms with E-state index in [1.165, 1.54) is 0 Å². The van der Waals surface area contributed by atoms with Crippen molar-refractivity contribution in [2.45, 2.75) is 39.2 Å². The molecule has 1 aliphatic rings. The fourth-order valence-electron chi connectivity index (χ4n) is 2.58. The van der Waals surface area contributed by atoms with Gasteiger partial charge in [0.05, 0.1) is 12.4 Å². The lowest BCUT2D eigenvalue weighted by molar-refractivity contribution is 0.0578. The summed E-state index contributed by atoms with van der Waals surface area (Å²) in [6.45, 7) is 5.63. The maximum atomic E-state index is 11.7. The molecule has 2 unspecified atom stereocenters. The number of rotatable bonds is 6. The maximum Gasteiger partial charge on any atom is 0.151 e. The number of hydrogen-bond donors (Lipinski definition) is 1. The number of piperidine rings is 1. The molecule has 5 heteroatoms. The van der Waals surface area contributed by atoms with Crippen LogP contribution in [-0.2, 0) is 9.84 Å². The van der Waals surface area contributed by atoms with Gasteiger partial charge in [0, 0.05) is 18.3 Å². The van der Waals surface area contributed by atoms with E-state index in [0.717, 1.165) is 19.4 Å². The number of nitrogens with zero attached hydrogens (tertiary/aromatic N) is 1. The third kappa shape index (κ3) is 4.56. The minimum atomic E-state index is -2.90. The third-order valence-corrected chi connectivity index (χ3v) is 5.46. The van der Waals surface area contributed by atoms with Gasteiger partial charge in [-0.05, 0) is 31.7 Å². The molecule has 1 heterocycles. The second kappa shape index (κ2) is 6.71. The van der Waals surface area contributed by atoms with Crippen molar-refractivity contribution in [2.24, 2.45) is 5.92 Å². The van der Waals surface area contributed by atoms with E-state index in [1.54, 1.807) is 0 Å². The van der Waals surface area contributed by atoms with E-state index in [-0.39, 0.29) is 24.2 Å². The van der Waals surface area contributed by atoms with Gasteiger partial charge in [-0.25, -0.2) is 8.42 Å². The second-order valence-corrected chi connectivity index (χ2v) is 7.36. The summed E-state index contributed by atoms with van der Waals surface area (Å²) in [6, 6.07) is 0.139. The standard InChI is InChI=1S/C12H25NO3S/c1-3-8-17(15,16)9-7-13-6-4-5-11(2)12(13)10-14/h11-12,14H,3-10H2,1-2H3. The molecule has 0 bridgehead atoms. The van der Waals surface area contributed by atoms with Gasteiger partial charge in [-0.2, -0.15) is 0 Å². The zero-order valence-electron chi connectivity index (χ0n) is 10.9. The van der Waals surface area contributed by atoms with Crippen LogP contribution in [0.2, 0.25) is 0 Å². The zero-order valence-corrected chi connectivity index (χ0v) is 11.7. The van der Waals surface area contributed by atoms with Gasteiger partial charge in [0.15, 0.2) is 9.84 Å². The van der Waals surface area contributed by atoms with Crippen molar-refractivity contribution in [1.29, 1.82) is 0 Å². The van der Waals surface area contributed by atoms with Crippen LogP contribution in [0.4, 0.5) is 0 Å². The van der Waals surface area contributed by atoms with Crippen molar-refractivity contribution < 1.29 is 13.5 Å². The SMILES string of the molecule is CCCS(=O)(=O)CCN1CCCC(C)C1CO. The summed E-state index contributed by atoms with van der Waals surface area (Å²) in [5.74, 6) is 0.965. The summed E-state index contributed by atoms with van der Waals surface area (Å²) >= 11 is 0. The Kier molecular flexibility index (Phi) is 5.89. The summed E-state index contributed by atoms with van der Waals surface area (Å²) in [4.78, 5) is 2.14. The van der Waals surface area contributed by atoms with Gasteiger partial charge in [-0.3, -0.25) is 4.90 Å². The molecule has 1 N–H and O–H groups in total. The fourth-order valence-corrected chi connectivity index (χ4v) is 3.92. The van der Waals surface area contributed by atoms with Crippen molar-refractivity contribution in [2.75, 3.05) is 31.2 Å². The first-order chi connectivity index (χ1) is 8.00. The first-order valence-corrected chi connectivity index (χ1v) is 8.37. The van der Waals surface area contributed by atoms with Crippen molar-refractivity contribution in [3.8, 4) is 0 Å². The van der Waals surface area contributed by atoms with Crippen molar-refractivity contribution in [3.05, 3.63) is 0 Å². The Morgan fingerprint density at radius 1 is 1.35 bits per heavy atom. The van der Waals surface area contributed by atoms with Crippen molar-refractivity contribution in [3.63, 3.8) is 0 Å². The molecule has 2 atom stereocenters.